The van der Waals surface area contributed by atoms with Gasteiger partial charge in [-0.25, -0.2) is 4.79 Å². The van der Waals surface area contributed by atoms with Crippen molar-refractivity contribution >= 4 is 5.97 Å². The van der Waals surface area contributed by atoms with E-state index in [9.17, 15) is 18.0 Å². The molecule has 112 valence electrons. The number of hydrogen-bond donors (Lipinski definition) is 1. The average molecular weight is 301 g/mol. The SMILES string of the molecule is CCOc1oc(-c2cccc(C(F)(F)F)c2)nc1C(=O)O. The minimum atomic E-state index is -4.51. The summed E-state index contributed by atoms with van der Waals surface area (Å²) in [6.45, 7) is 1.75. The molecule has 5 nitrogen and oxygen atoms in total. The Hall–Kier alpha value is -2.51. The van der Waals surface area contributed by atoms with Crippen molar-refractivity contribution in [1.82, 2.24) is 4.98 Å². The van der Waals surface area contributed by atoms with Gasteiger partial charge in [0.25, 0.3) is 0 Å². The number of halogens is 3. The third-order valence-electron chi connectivity index (χ3n) is 2.51. The van der Waals surface area contributed by atoms with E-state index in [-0.39, 0.29) is 24.0 Å². The molecule has 21 heavy (non-hydrogen) atoms. The van der Waals surface area contributed by atoms with Crippen LogP contribution >= 0.6 is 0 Å². The summed E-state index contributed by atoms with van der Waals surface area (Å²) in [6.07, 6.45) is -4.51. The summed E-state index contributed by atoms with van der Waals surface area (Å²) < 4.78 is 48.0. The zero-order chi connectivity index (χ0) is 15.6. The van der Waals surface area contributed by atoms with E-state index in [1.807, 2.05) is 0 Å². The van der Waals surface area contributed by atoms with E-state index < -0.39 is 23.4 Å². The second kappa shape index (κ2) is 5.47. The van der Waals surface area contributed by atoms with Crippen LogP contribution in [0.4, 0.5) is 13.2 Å². The molecule has 0 aliphatic rings. The number of carbonyl (C=O) groups is 1. The smallest absolute Gasteiger partial charge is 0.416 e. The van der Waals surface area contributed by atoms with E-state index in [2.05, 4.69) is 4.98 Å². The molecule has 0 spiro atoms. The van der Waals surface area contributed by atoms with Crippen LogP contribution in [-0.2, 0) is 6.18 Å². The fourth-order valence-electron chi connectivity index (χ4n) is 1.62. The monoisotopic (exact) mass is 301 g/mol. The summed E-state index contributed by atoms with van der Waals surface area (Å²) in [4.78, 5) is 14.6. The first kappa shape index (κ1) is 14.9. The molecule has 0 amide bonds. The molecular weight excluding hydrogens is 291 g/mol. The van der Waals surface area contributed by atoms with Crippen LogP contribution in [0, 0.1) is 0 Å². The van der Waals surface area contributed by atoms with E-state index in [0.717, 1.165) is 12.1 Å². The number of hydrogen-bond acceptors (Lipinski definition) is 4. The Labute approximate surface area is 117 Å². The maximum atomic E-state index is 12.6. The number of ether oxygens (including phenoxy) is 1. The van der Waals surface area contributed by atoms with Gasteiger partial charge in [-0.05, 0) is 25.1 Å². The zero-order valence-electron chi connectivity index (χ0n) is 10.8. The first-order chi connectivity index (χ1) is 9.82. The summed E-state index contributed by atoms with van der Waals surface area (Å²) in [5.41, 5.74) is -1.35. The normalized spacial score (nSPS) is 11.4. The largest absolute Gasteiger partial charge is 0.476 e. The zero-order valence-corrected chi connectivity index (χ0v) is 10.8. The van der Waals surface area contributed by atoms with Gasteiger partial charge >= 0.3 is 18.1 Å². The van der Waals surface area contributed by atoms with Crippen molar-refractivity contribution in [3.63, 3.8) is 0 Å². The van der Waals surface area contributed by atoms with E-state index in [4.69, 9.17) is 14.3 Å². The lowest BCUT2D eigenvalue weighted by atomic mass is 10.1. The highest BCUT2D eigenvalue weighted by Gasteiger charge is 2.31. The highest BCUT2D eigenvalue weighted by Crippen LogP contribution is 2.33. The fourth-order valence-corrected chi connectivity index (χ4v) is 1.62. The van der Waals surface area contributed by atoms with Gasteiger partial charge in [0.05, 0.1) is 12.2 Å². The predicted octanol–water partition coefficient (Wildman–Crippen LogP) is 3.46. The van der Waals surface area contributed by atoms with Gasteiger partial charge in [-0.1, -0.05) is 6.07 Å². The second-order valence-electron chi connectivity index (χ2n) is 3.97. The molecule has 0 aliphatic heterocycles. The number of aromatic carboxylic acids is 1. The van der Waals surface area contributed by atoms with Crippen molar-refractivity contribution in [2.45, 2.75) is 13.1 Å². The third-order valence-corrected chi connectivity index (χ3v) is 2.51. The number of alkyl halides is 3. The molecule has 0 saturated carbocycles. The minimum Gasteiger partial charge on any atom is -0.476 e. The second-order valence-corrected chi connectivity index (χ2v) is 3.97. The quantitative estimate of drug-likeness (QED) is 0.936. The first-order valence-corrected chi connectivity index (χ1v) is 5.87. The highest BCUT2D eigenvalue weighted by molar-refractivity contribution is 5.88. The molecule has 0 fully saturated rings. The number of benzene rings is 1. The minimum absolute atomic E-state index is 0.0123. The van der Waals surface area contributed by atoms with E-state index in [1.54, 1.807) is 6.92 Å². The number of nitrogens with zero attached hydrogens (tertiary/aromatic N) is 1. The molecule has 0 radical (unpaired) electrons. The van der Waals surface area contributed by atoms with Gasteiger partial charge in [-0.15, -0.1) is 0 Å². The van der Waals surface area contributed by atoms with Gasteiger partial charge in [-0.3, -0.25) is 0 Å². The Morgan fingerprint density at radius 3 is 2.71 bits per heavy atom. The van der Waals surface area contributed by atoms with Gasteiger partial charge < -0.3 is 14.3 Å². The Bertz CT molecular complexity index is 664. The number of rotatable bonds is 4. The number of carboxylic acids is 1. The van der Waals surface area contributed by atoms with Crippen LogP contribution in [0.2, 0.25) is 0 Å². The maximum absolute atomic E-state index is 12.6. The topological polar surface area (TPSA) is 72.6 Å². The molecule has 0 atom stereocenters. The van der Waals surface area contributed by atoms with E-state index >= 15 is 0 Å². The Morgan fingerprint density at radius 1 is 1.43 bits per heavy atom. The molecule has 1 aromatic carbocycles. The molecule has 0 saturated heterocycles. The molecule has 1 N–H and O–H groups in total. The lowest BCUT2D eigenvalue weighted by Gasteiger charge is -2.06. The summed E-state index contributed by atoms with van der Waals surface area (Å²) in [5, 5.41) is 8.95. The van der Waals surface area contributed by atoms with Crippen LogP contribution in [0.3, 0.4) is 0 Å². The van der Waals surface area contributed by atoms with Crippen LogP contribution in [0.25, 0.3) is 11.5 Å². The molecular formula is C13H10F3NO4. The van der Waals surface area contributed by atoms with E-state index in [0.29, 0.717) is 0 Å². The molecule has 2 aromatic rings. The summed E-state index contributed by atoms with van der Waals surface area (Å²) >= 11 is 0. The average Bonchev–Trinajstić information content (AvgIpc) is 2.83. The van der Waals surface area contributed by atoms with Gasteiger partial charge in [0.2, 0.25) is 11.6 Å². The van der Waals surface area contributed by atoms with Gasteiger partial charge in [0.15, 0.2) is 0 Å². The lowest BCUT2D eigenvalue weighted by Crippen LogP contribution is -2.04. The highest BCUT2D eigenvalue weighted by atomic mass is 19.4. The third kappa shape index (κ3) is 3.15. The number of carboxylic acid groups (broad SMARTS) is 1. The number of oxazole rings is 1. The number of aromatic nitrogens is 1. The molecule has 8 heteroatoms. The van der Waals surface area contributed by atoms with Crippen LogP contribution in [0.1, 0.15) is 23.0 Å². The van der Waals surface area contributed by atoms with Gasteiger partial charge in [0.1, 0.15) is 0 Å². The van der Waals surface area contributed by atoms with Crippen LogP contribution in [0.5, 0.6) is 5.95 Å². The fraction of sp³-hybridized carbons (Fsp3) is 0.231. The molecule has 0 unspecified atom stereocenters. The lowest BCUT2D eigenvalue weighted by molar-refractivity contribution is -0.137. The maximum Gasteiger partial charge on any atom is 0.416 e. The van der Waals surface area contributed by atoms with Crippen molar-refractivity contribution in [3.05, 3.63) is 35.5 Å². The van der Waals surface area contributed by atoms with Gasteiger partial charge in [-0.2, -0.15) is 18.2 Å². The molecule has 0 aliphatic carbocycles. The Balaban J connectivity index is 2.47. The van der Waals surface area contributed by atoms with Crippen molar-refractivity contribution in [3.8, 4) is 17.4 Å². The van der Waals surface area contributed by atoms with Gasteiger partial charge in [0, 0.05) is 5.56 Å². The first-order valence-electron chi connectivity index (χ1n) is 5.87. The van der Waals surface area contributed by atoms with E-state index in [1.165, 1.54) is 12.1 Å². The van der Waals surface area contributed by atoms with Crippen LogP contribution in [0.15, 0.2) is 28.7 Å². The van der Waals surface area contributed by atoms with Crippen molar-refractivity contribution < 1.29 is 32.2 Å². The standard InChI is InChI=1S/C13H10F3NO4/c1-2-20-12-9(11(18)19)17-10(21-12)7-4-3-5-8(6-7)13(14,15)16/h3-6H,2H2,1H3,(H,18,19). The summed E-state index contributed by atoms with van der Waals surface area (Å²) in [5.74, 6) is -1.97. The van der Waals surface area contributed by atoms with Crippen molar-refractivity contribution in [2.75, 3.05) is 6.61 Å². The van der Waals surface area contributed by atoms with Crippen molar-refractivity contribution in [2.24, 2.45) is 0 Å². The molecule has 0 bridgehead atoms. The van der Waals surface area contributed by atoms with Crippen LogP contribution in [-0.4, -0.2) is 22.7 Å². The molecule has 1 aromatic heterocycles. The summed E-state index contributed by atoms with van der Waals surface area (Å²) in [6, 6.07) is 4.24. The molecule has 2 rings (SSSR count). The molecule has 1 heterocycles. The van der Waals surface area contributed by atoms with Crippen molar-refractivity contribution in [1.29, 1.82) is 0 Å². The Morgan fingerprint density at radius 2 is 2.14 bits per heavy atom. The Kier molecular flexibility index (Phi) is 3.88. The summed E-state index contributed by atoms with van der Waals surface area (Å²) in [7, 11) is 0. The predicted molar refractivity (Wildman–Crippen MR) is 65.1 cm³/mol. The van der Waals surface area contributed by atoms with Crippen LogP contribution < -0.4 is 4.74 Å².